The van der Waals surface area contributed by atoms with Crippen LogP contribution in [0.5, 0.6) is 5.75 Å². The lowest BCUT2D eigenvalue weighted by atomic mass is 10.2. The Morgan fingerprint density at radius 2 is 1.91 bits per heavy atom. The first kappa shape index (κ1) is 22.7. The molecule has 2 aromatic carbocycles. The molecule has 3 aromatic rings. The summed E-state index contributed by atoms with van der Waals surface area (Å²) in [5.74, 6) is 0.512. The van der Waals surface area contributed by atoms with Gasteiger partial charge in [0.05, 0.1) is 35.4 Å². The van der Waals surface area contributed by atoms with Crippen molar-refractivity contribution in [1.82, 2.24) is 9.88 Å². The highest BCUT2D eigenvalue weighted by Crippen LogP contribution is 2.31. The molecule has 0 atom stereocenters. The van der Waals surface area contributed by atoms with Gasteiger partial charge in [0.15, 0.2) is 15.0 Å². The minimum atomic E-state index is -3.33. The fraction of sp³-hybridized carbons (Fsp3) is 0.364. The molecule has 0 unspecified atom stereocenters. The number of morpholine rings is 1. The third-order valence-electron chi connectivity index (χ3n) is 5.33. The lowest BCUT2D eigenvalue weighted by Crippen LogP contribution is -2.43. The number of nitrogens with zero attached hydrogens (tertiary/aromatic N) is 3. The standard InChI is InChI=1S/C22H25N3O5S2/c1-29-17-5-3-16(4-6-17)21(26)25(10-9-24-11-13-30-14-12-24)22-23-19-8-7-18(32(2,27)28)15-20(19)31-22/h3-8,15H,9-14H2,1-2H3. The maximum atomic E-state index is 13.4. The number of fused-ring (bicyclic) bond motifs is 1. The predicted molar refractivity (Wildman–Crippen MR) is 125 cm³/mol. The maximum Gasteiger partial charge on any atom is 0.260 e. The van der Waals surface area contributed by atoms with Gasteiger partial charge in [-0.25, -0.2) is 13.4 Å². The van der Waals surface area contributed by atoms with E-state index in [1.807, 2.05) is 0 Å². The van der Waals surface area contributed by atoms with E-state index in [-0.39, 0.29) is 10.8 Å². The summed E-state index contributed by atoms with van der Waals surface area (Å²) in [7, 11) is -1.75. The number of rotatable bonds is 7. The van der Waals surface area contributed by atoms with Crippen molar-refractivity contribution in [3.8, 4) is 5.75 Å². The Labute approximate surface area is 191 Å². The van der Waals surface area contributed by atoms with Crippen LogP contribution in [0.3, 0.4) is 0 Å². The van der Waals surface area contributed by atoms with Crippen molar-refractivity contribution in [1.29, 1.82) is 0 Å². The van der Waals surface area contributed by atoms with Crippen LogP contribution in [0, 0.1) is 0 Å². The van der Waals surface area contributed by atoms with E-state index in [9.17, 15) is 13.2 Å². The third-order valence-corrected chi connectivity index (χ3v) is 7.48. The molecule has 1 aromatic heterocycles. The van der Waals surface area contributed by atoms with Crippen molar-refractivity contribution < 1.29 is 22.7 Å². The first-order valence-electron chi connectivity index (χ1n) is 10.2. The van der Waals surface area contributed by atoms with Crippen LogP contribution in [0.2, 0.25) is 0 Å². The summed E-state index contributed by atoms with van der Waals surface area (Å²) < 4.78 is 35.2. The molecule has 4 rings (SSSR count). The highest BCUT2D eigenvalue weighted by atomic mass is 32.2. The number of benzene rings is 2. The van der Waals surface area contributed by atoms with Crippen LogP contribution in [0.1, 0.15) is 10.4 Å². The second kappa shape index (κ2) is 9.53. The summed E-state index contributed by atoms with van der Waals surface area (Å²) >= 11 is 1.31. The third kappa shape index (κ3) is 5.09. The van der Waals surface area contributed by atoms with Crippen LogP contribution in [0.4, 0.5) is 5.13 Å². The normalized spacial score (nSPS) is 15.1. The second-order valence-electron chi connectivity index (χ2n) is 7.54. The van der Waals surface area contributed by atoms with E-state index in [2.05, 4.69) is 9.88 Å². The van der Waals surface area contributed by atoms with Crippen molar-refractivity contribution in [2.45, 2.75) is 4.90 Å². The number of thiazole rings is 1. The molecule has 0 bridgehead atoms. The topological polar surface area (TPSA) is 89.0 Å². The van der Waals surface area contributed by atoms with Gasteiger partial charge in [-0.1, -0.05) is 11.3 Å². The molecule has 1 amide bonds. The monoisotopic (exact) mass is 475 g/mol. The largest absolute Gasteiger partial charge is 0.497 e. The molecule has 2 heterocycles. The summed E-state index contributed by atoms with van der Waals surface area (Å²) in [6.45, 7) is 4.16. The smallest absolute Gasteiger partial charge is 0.260 e. The number of carbonyl (C=O) groups is 1. The SMILES string of the molecule is COc1ccc(C(=O)N(CCN2CCOCC2)c2nc3ccc(S(C)(=O)=O)cc3s2)cc1. The summed E-state index contributed by atoms with van der Waals surface area (Å²) in [4.78, 5) is 22.2. The Bertz CT molecular complexity index is 1200. The van der Waals surface area contributed by atoms with Gasteiger partial charge in [0.25, 0.3) is 5.91 Å². The molecule has 0 aliphatic carbocycles. The molecule has 32 heavy (non-hydrogen) atoms. The first-order valence-corrected chi connectivity index (χ1v) is 12.9. The van der Waals surface area contributed by atoms with Crippen LogP contribution >= 0.6 is 11.3 Å². The van der Waals surface area contributed by atoms with E-state index in [4.69, 9.17) is 9.47 Å². The minimum absolute atomic E-state index is 0.164. The van der Waals surface area contributed by atoms with Crippen molar-refractivity contribution in [2.75, 3.05) is 57.7 Å². The summed E-state index contributed by atoms with van der Waals surface area (Å²) in [6, 6.07) is 11.8. The van der Waals surface area contributed by atoms with E-state index in [1.165, 1.54) is 17.6 Å². The zero-order valence-electron chi connectivity index (χ0n) is 18.0. The number of hydrogen-bond donors (Lipinski definition) is 0. The van der Waals surface area contributed by atoms with Gasteiger partial charge in [-0.05, 0) is 42.5 Å². The van der Waals surface area contributed by atoms with Gasteiger partial charge in [0, 0.05) is 38.0 Å². The number of methoxy groups -OCH3 is 1. The van der Waals surface area contributed by atoms with Crippen LogP contribution in [-0.2, 0) is 14.6 Å². The van der Waals surface area contributed by atoms with Gasteiger partial charge >= 0.3 is 0 Å². The molecule has 1 fully saturated rings. The molecule has 8 nitrogen and oxygen atoms in total. The van der Waals surface area contributed by atoms with Crippen molar-refractivity contribution in [3.63, 3.8) is 0 Å². The number of sulfone groups is 1. The van der Waals surface area contributed by atoms with E-state index in [0.717, 1.165) is 17.8 Å². The predicted octanol–water partition coefficient (Wildman–Crippen LogP) is 2.69. The molecule has 0 N–H and O–H groups in total. The zero-order valence-corrected chi connectivity index (χ0v) is 19.6. The van der Waals surface area contributed by atoms with Crippen molar-refractivity contribution >= 4 is 42.4 Å². The minimum Gasteiger partial charge on any atom is -0.497 e. The van der Waals surface area contributed by atoms with Gasteiger partial charge in [-0.15, -0.1) is 0 Å². The van der Waals surface area contributed by atoms with Crippen LogP contribution in [-0.4, -0.2) is 77.0 Å². The molecule has 1 aliphatic rings. The molecule has 0 radical (unpaired) electrons. The van der Waals surface area contributed by atoms with E-state index in [0.29, 0.717) is 48.3 Å². The molecule has 10 heteroatoms. The summed E-state index contributed by atoms with van der Waals surface area (Å²) in [6.07, 6.45) is 1.18. The number of hydrogen-bond acceptors (Lipinski definition) is 8. The van der Waals surface area contributed by atoms with Gasteiger partial charge < -0.3 is 9.47 Å². The molecule has 0 spiro atoms. The quantitative estimate of drug-likeness (QED) is 0.519. The van der Waals surface area contributed by atoms with Gasteiger partial charge in [-0.3, -0.25) is 14.6 Å². The van der Waals surface area contributed by atoms with Gasteiger partial charge in [0.1, 0.15) is 5.75 Å². The van der Waals surface area contributed by atoms with E-state index in [1.54, 1.807) is 54.5 Å². The number of carbonyl (C=O) groups excluding carboxylic acids is 1. The number of anilines is 1. The van der Waals surface area contributed by atoms with Crippen LogP contribution in [0.15, 0.2) is 47.4 Å². The van der Waals surface area contributed by atoms with Gasteiger partial charge in [-0.2, -0.15) is 0 Å². The summed E-state index contributed by atoms with van der Waals surface area (Å²) in [5.41, 5.74) is 1.19. The van der Waals surface area contributed by atoms with E-state index >= 15 is 0 Å². The molecular weight excluding hydrogens is 450 g/mol. The molecule has 1 saturated heterocycles. The van der Waals surface area contributed by atoms with Crippen molar-refractivity contribution in [3.05, 3.63) is 48.0 Å². The Balaban J connectivity index is 1.66. The maximum absolute atomic E-state index is 13.4. The Kier molecular flexibility index (Phi) is 6.75. The van der Waals surface area contributed by atoms with Gasteiger partial charge in [0.2, 0.25) is 0 Å². The lowest BCUT2D eigenvalue weighted by molar-refractivity contribution is 0.0391. The molecule has 1 aliphatic heterocycles. The second-order valence-corrected chi connectivity index (χ2v) is 10.6. The average Bonchev–Trinajstić information content (AvgIpc) is 3.22. The zero-order chi connectivity index (χ0) is 22.7. The number of ether oxygens (including phenoxy) is 2. The van der Waals surface area contributed by atoms with Crippen LogP contribution in [0.25, 0.3) is 10.2 Å². The fourth-order valence-corrected chi connectivity index (χ4v) is 5.23. The Morgan fingerprint density at radius 1 is 1.19 bits per heavy atom. The van der Waals surface area contributed by atoms with E-state index < -0.39 is 9.84 Å². The molecule has 170 valence electrons. The first-order chi connectivity index (χ1) is 15.3. The van der Waals surface area contributed by atoms with Crippen molar-refractivity contribution in [2.24, 2.45) is 0 Å². The Morgan fingerprint density at radius 3 is 2.56 bits per heavy atom. The molecular formula is C22H25N3O5S2. The number of amides is 1. The fourth-order valence-electron chi connectivity index (χ4n) is 3.48. The average molecular weight is 476 g/mol. The highest BCUT2D eigenvalue weighted by Gasteiger charge is 2.23. The Hall–Kier alpha value is -2.53. The molecule has 0 saturated carbocycles. The lowest BCUT2D eigenvalue weighted by Gasteiger charge is -2.29. The summed E-state index contributed by atoms with van der Waals surface area (Å²) in [5, 5.41) is 0.541. The number of aromatic nitrogens is 1. The highest BCUT2D eigenvalue weighted by molar-refractivity contribution is 7.90. The van der Waals surface area contributed by atoms with Crippen LogP contribution < -0.4 is 9.64 Å².